The molecule has 1 unspecified atom stereocenters. The average Bonchev–Trinajstić information content (AvgIpc) is 3.34. The standard InChI is InChI=1S/C28H35ClFN7O5/c1-16(2)11-19-25-24(18(30)13-31-19)33-22(34-25)15-37-14-17(29)12-20(27(37)40)32-26(39)21(42-28(41)36(5)6)9-7-8-10-23(38)35(3)4/h8,10,12-14,16,21H,7,9,11,15H2,1-6H3,(H,32,39)(H,33,34). The van der Waals surface area contributed by atoms with Gasteiger partial charge in [-0.15, -0.1) is 0 Å². The molecular formula is C28H35ClFN7O5. The number of H-pyrrole nitrogens is 1. The summed E-state index contributed by atoms with van der Waals surface area (Å²) in [4.78, 5) is 64.6. The minimum absolute atomic E-state index is 0.0503. The molecule has 0 bridgehead atoms. The number of carbonyl (C=O) groups excluding carboxylic acids is 3. The Morgan fingerprint density at radius 2 is 1.93 bits per heavy atom. The van der Waals surface area contributed by atoms with Crippen LogP contribution in [0.2, 0.25) is 5.02 Å². The summed E-state index contributed by atoms with van der Waals surface area (Å²) in [6, 6.07) is 1.28. The molecule has 3 heterocycles. The molecule has 0 aliphatic heterocycles. The highest BCUT2D eigenvalue weighted by molar-refractivity contribution is 6.30. The van der Waals surface area contributed by atoms with Gasteiger partial charge < -0.3 is 29.4 Å². The van der Waals surface area contributed by atoms with Crippen LogP contribution in [0.15, 0.2) is 35.4 Å². The van der Waals surface area contributed by atoms with Crippen molar-refractivity contribution in [2.75, 3.05) is 33.5 Å². The SMILES string of the molecule is CC(C)Cc1ncc(F)c2nc(Cn3cc(Cl)cc(NC(=O)C(CCC=CC(=O)N(C)C)OC(=O)N(C)C)c3=O)[nH]c12. The number of allylic oxidation sites excluding steroid dienone is 1. The molecule has 1 atom stereocenters. The van der Waals surface area contributed by atoms with Gasteiger partial charge in [0.2, 0.25) is 5.91 Å². The normalized spacial score (nSPS) is 12.1. The molecule has 3 amide bonds. The third kappa shape index (κ3) is 8.38. The summed E-state index contributed by atoms with van der Waals surface area (Å²) >= 11 is 6.27. The number of hydrogen-bond acceptors (Lipinski definition) is 7. The molecule has 12 nitrogen and oxygen atoms in total. The lowest BCUT2D eigenvalue weighted by Gasteiger charge is -2.20. The molecule has 0 radical (unpaired) electrons. The first-order valence-corrected chi connectivity index (χ1v) is 13.6. The van der Waals surface area contributed by atoms with E-state index >= 15 is 0 Å². The highest BCUT2D eigenvalue weighted by Crippen LogP contribution is 2.21. The van der Waals surface area contributed by atoms with Crippen molar-refractivity contribution in [3.05, 3.63) is 63.3 Å². The van der Waals surface area contributed by atoms with Crippen LogP contribution in [0.5, 0.6) is 0 Å². The fraction of sp³-hybridized carbons (Fsp3) is 0.429. The van der Waals surface area contributed by atoms with Gasteiger partial charge in [0.25, 0.3) is 11.5 Å². The van der Waals surface area contributed by atoms with Crippen molar-refractivity contribution in [3.8, 4) is 0 Å². The van der Waals surface area contributed by atoms with Crippen molar-refractivity contribution < 1.29 is 23.5 Å². The smallest absolute Gasteiger partial charge is 0.410 e. The number of carbonyl (C=O) groups is 3. The summed E-state index contributed by atoms with van der Waals surface area (Å²) in [7, 11) is 6.14. The van der Waals surface area contributed by atoms with Crippen molar-refractivity contribution in [3.63, 3.8) is 0 Å². The number of ether oxygens (including phenoxy) is 1. The van der Waals surface area contributed by atoms with E-state index in [-0.39, 0.29) is 47.4 Å². The Kier molecular flexibility index (Phi) is 10.8. The Morgan fingerprint density at radius 1 is 1.21 bits per heavy atom. The number of rotatable bonds is 11. The van der Waals surface area contributed by atoms with Crippen molar-refractivity contribution in [1.82, 2.24) is 29.3 Å². The maximum absolute atomic E-state index is 14.5. The number of amides is 3. The number of pyridine rings is 2. The fourth-order valence-corrected chi connectivity index (χ4v) is 4.14. The molecule has 2 N–H and O–H groups in total. The third-order valence-electron chi connectivity index (χ3n) is 6.03. The Morgan fingerprint density at radius 3 is 2.57 bits per heavy atom. The van der Waals surface area contributed by atoms with Gasteiger partial charge in [0, 0.05) is 34.4 Å². The average molecular weight is 604 g/mol. The van der Waals surface area contributed by atoms with E-state index in [9.17, 15) is 23.6 Å². The third-order valence-corrected chi connectivity index (χ3v) is 6.24. The summed E-state index contributed by atoms with van der Waals surface area (Å²) in [6.07, 6.45) is 4.29. The predicted octanol–water partition coefficient (Wildman–Crippen LogP) is 3.59. The summed E-state index contributed by atoms with van der Waals surface area (Å²) in [6.45, 7) is 3.94. The molecule has 0 aromatic carbocycles. The molecule has 3 rings (SSSR count). The minimum Gasteiger partial charge on any atom is -0.436 e. The van der Waals surface area contributed by atoms with Crippen LogP contribution < -0.4 is 10.9 Å². The number of aromatic amines is 1. The number of nitrogens with one attached hydrogen (secondary N) is 2. The van der Waals surface area contributed by atoms with Crippen molar-refractivity contribution in [2.45, 2.75) is 45.8 Å². The maximum Gasteiger partial charge on any atom is 0.410 e. The van der Waals surface area contributed by atoms with Gasteiger partial charge in [-0.05, 0) is 37.3 Å². The lowest BCUT2D eigenvalue weighted by atomic mass is 10.1. The summed E-state index contributed by atoms with van der Waals surface area (Å²) < 4.78 is 21.0. The molecule has 3 aromatic heterocycles. The highest BCUT2D eigenvalue weighted by atomic mass is 35.5. The van der Waals surface area contributed by atoms with Gasteiger partial charge in [-0.3, -0.25) is 19.4 Å². The van der Waals surface area contributed by atoms with Crippen LogP contribution >= 0.6 is 11.6 Å². The molecule has 0 aliphatic carbocycles. The molecule has 14 heteroatoms. The van der Waals surface area contributed by atoms with Gasteiger partial charge in [-0.25, -0.2) is 14.2 Å². The number of anilines is 1. The summed E-state index contributed by atoms with van der Waals surface area (Å²) in [5.74, 6) is -1.01. The molecule has 0 spiro atoms. The van der Waals surface area contributed by atoms with E-state index in [0.29, 0.717) is 23.5 Å². The van der Waals surface area contributed by atoms with Crippen molar-refractivity contribution in [1.29, 1.82) is 0 Å². The zero-order chi connectivity index (χ0) is 31.1. The van der Waals surface area contributed by atoms with E-state index in [0.717, 1.165) is 11.1 Å². The number of hydrogen-bond donors (Lipinski definition) is 2. The number of halogens is 2. The molecule has 42 heavy (non-hydrogen) atoms. The topological polar surface area (TPSA) is 143 Å². The quantitative estimate of drug-likeness (QED) is 0.319. The molecular weight excluding hydrogens is 569 g/mol. The molecule has 226 valence electrons. The van der Waals surface area contributed by atoms with Crippen LogP contribution in [0.1, 0.15) is 38.2 Å². The van der Waals surface area contributed by atoms with Crippen LogP contribution in [0.4, 0.5) is 14.9 Å². The summed E-state index contributed by atoms with van der Waals surface area (Å²) in [5, 5.41) is 2.64. The van der Waals surface area contributed by atoms with E-state index in [1.165, 1.54) is 41.9 Å². The predicted molar refractivity (Wildman–Crippen MR) is 157 cm³/mol. The van der Waals surface area contributed by atoms with Crippen LogP contribution in [0.3, 0.4) is 0 Å². The Bertz CT molecular complexity index is 1550. The van der Waals surface area contributed by atoms with E-state index in [4.69, 9.17) is 16.3 Å². The highest BCUT2D eigenvalue weighted by Gasteiger charge is 2.25. The number of aromatic nitrogens is 4. The minimum atomic E-state index is -1.27. The monoisotopic (exact) mass is 603 g/mol. The second-order valence-corrected chi connectivity index (χ2v) is 11.0. The van der Waals surface area contributed by atoms with E-state index in [2.05, 4.69) is 20.3 Å². The van der Waals surface area contributed by atoms with Gasteiger partial charge >= 0.3 is 6.09 Å². The Labute approximate surface area is 247 Å². The molecule has 0 saturated heterocycles. The Balaban J connectivity index is 1.85. The van der Waals surface area contributed by atoms with E-state index in [1.54, 1.807) is 20.2 Å². The first-order chi connectivity index (χ1) is 19.8. The van der Waals surface area contributed by atoms with Gasteiger partial charge in [-0.1, -0.05) is 31.5 Å². The van der Waals surface area contributed by atoms with Gasteiger partial charge in [0.15, 0.2) is 11.9 Å². The van der Waals surface area contributed by atoms with E-state index in [1.807, 2.05) is 13.8 Å². The largest absolute Gasteiger partial charge is 0.436 e. The maximum atomic E-state index is 14.5. The van der Waals surface area contributed by atoms with E-state index < -0.39 is 29.5 Å². The number of fused-ring (bicyclic) bond motifs is 1. The first kappa shape index (κ1) is 32.3. The zero-order valence-corrected chi connectivity index (χ0v) is 25.2. The van der Waals surface area contributed by atoms with Crippen molar-refractivity contribution in [2.24, 2.45) is 5.92 Å². The second kappa shape index (κ2) is 14.1. The molecule has 3 aromatic rings. The van der Waals surface area contributed by atoms with Crippen LogP contribution in [-0.2, 0) is 27.3 Å². The molecule has 0 saturated carbocycles. The van der Waals surface area contributed by atoms with Crippen molar-refractivity contribution >= 4 is 46.2 Å². The first-order valence-electron chi connectivity index (χ1n) is 13.2. The number of nitrogens with zero attached hydrogens (tertiary/aromatic N) is 5. The van der Waals surface area contributed by atoms with Crippen LogP contribution in [0, 0.1) is 11.7 Å². The molecule has 0 aliphatic rings. The second-order valence-electron chi connectivity index (χ2n) is 10.5. The van der Waals surface area contributed by atoms with Gasteiger partial charge in [0.1, 0.15) is 17.0 Å². The Hall–Kier alpha value is -4.26. The zero-order valence-electron chi connectivity index (χ0n) is 24.4. The van der Waals surface area contributed by atoms with Crippen LogP contribution in [0.25, 0.3) is 11.0 Å². The fourth-order valence-electron chi connectivity index (χ4n) is 3.91. The van der Waals surface area contributed by atoms with Gasteiger partial charge in [0.05, 0.1) is 29.0 Å². The van der Waals surface area contributed by atoms with Gasteiger partial charge in [-0.2, -0.15) is 0 Å². The summed E-state index contributed by atoms with van der Waals surface area (Å²) in [5.41, 5.74) is 0.468. The lowest BCUT2D eigenvalue weighted by molar-refractivity contribution is -0.125. The molecule has 0 fully saturated rings. The van der Waals surface area contributed by atoms with Crippen LogP contribution in [-0.4, -0.2) is 81.5 Å². The number of imidazole rings is 1. The number of likely N-dealkylation sites (N-methyl/N-ethyl adjacent to an activating group) is 1. The lowest BCUT2D eigenvalue weighted by Crippen LogP contribution is -2.37.